The molecule has 1 aromatic rings. The third-order valence-corrected chi connectivity index (χ3v) is 1.84. The Kier molecular flexibility index (Phi) is 4.48. The van der Waals surface area contributed by atoms with Gasteiger partial charge in [0.2, 0.25) is 34.8 Å². The van der Waals surface area contributed by atoms with Crippen molar-refractivity contribution in [3.63, 3.8) is 0 Å². The summed E-state index contributed by atoms with van der Waals surface area (Å²) in [7, 11) is 0. The van der Waals surface area contributed by atoms with E-state index in [-0.39, 0.29) is 4.61 Å². The third kappa shape index (κ3) is 2.76. The van der Waals surface area contributed by atoms with Crippen LogP contribution < -0.4 is 4.74 Å². The number of benzene rings is 1. The maximum atomic E-state index is 12.9. The molecule has 94 valence electrons. The SMILES string of the molecule is O=C(OCI)Oc1c(F)c(F)c(F)c(F)c1F. The van der Waals surface area contributed by atoms with Crippen molar-refractivity contribution >= 4 is 28.7 Å². The van der Waals surface area contributed by atoms with Crippen molar-refractivity contribution in [2.45, 2.75) is 0 Å². The lowest BCUT2D eigenvalue weighted by Gasteiger charge is -2.07. The first-order chi connectivity index (χ1) is 7.90. The average molecular weight is 368 g/mol. The van der Waals surface area contributed by atoms with E-state index in [1.807, 2.05) is 0 Å². The molecule has 0 aliphatic rings. The number of hydrogen-bond donors (Lipinski definition) is 0. The van der Waals surface area contributed by atoms with Crippen LogP contribution in [0.2, 0.25) is 0 Å². The fourth-order valence-corrected chi connectivity index (χ4v) is 1.09. The van der Waals surface area contributed by atoms with Crippen molar-refractivity contribution in [2.24, 2.45) is 0 Å². The topological polar surface area (TPSA) is 35.5 Å². The van der Waals surface area contributed by atoms with Crippen LogP contribution in [0.5, 0.6) is 5.75 Å². The van der Waals surface area contributed by atoms with Crippen LogP contribution in [0.4, 0.5) is 26.7 Å². The number of carbonyl (C=O) groups excluding carboxylic acids is 1. The molecule has 0 amide bonds. The Labute approximate surface area is 105 Å². The van der Waals surface area contributed by atoms with Crippen LogP contribution in [0.1, 0.15) is 0 Å². The summed E-state index contributed by atoms with van der Waals surface area (Å²) in [4.78, 5) is 10.7. The van der Waals surface area contributed by atoms with Gasteiger partial charge in [-0.25, -0.2) is 18.0 Å². The zero-order valence-electron chi connectivity index (χ0n) is 7.70. The van der Waals surface area contributed by atoms with E-state index in [1.54, 1.807) is 22.6 Å². The first kappa shape index (κ1) is 13.9. The predicted molar refractivity (Wildman–Crippen MR) is 52.2 cm³/mol. The normalized spacial score (nSPS) is 10.2. The van der Waals surface area contributed by atoms with Crippen LogP contribution >= 0.6 is 22.6 Å². The van der Waals surface area contributed by atoms with Crippen molar-refractivity contribution in [1.29, 1.82) is 0 Å². The number of hydrogen-bond acceptors (Lipinski definition) is 3. The highest BCUT2D eigenvalue weighted by Gasteiger charge is 2.28. The minimum atomic E-state index is -2.34. The van der Waals surface area contributed by atoms with Gasteiger partial charge in [-0.1, -0.05) is 0 Å². The lowest BCUT2D eigenvalue weighted by Crippen LogP contribution is -2.14. The highest BCUT2D eigenvalue weighted by molar-refractivity contribution is 14.1. The average Bonchev–Trinajstić information content (AvgIpc) is 2.30. The van der Waals surface area contributed by atoms with Crippen LogP contribution in [0, 0.1) is 29.1 Å². The van der Waals surface area contributed by atoms with E-state index >= 15 is 0 Å². The van der Waals surface area contributed by atoms with Crippen molar-refractivity contribution in [2.75, 3.05) is 4.61 Å². The molecular weight excluding hydrogens is 366 g/mol. The van der Waals surface area contributed by atoms with Crippen LogP contribution in [0.15, 0.2) is 0 Å². The van der Waals surface area contributed by atoms with E-state index in [0.29, 0.717) is 0 Å². The molecule has 17 heavy (non-hydrogen) atoms. The number of ether oxygens (including phenoxy) is 2. The number of alkyl halides is 1. The zero-order chi connectivity index (χ0) is 13.2. The van der Waals surface area contributed by atoms with E-state index in [0.717, 1.165) is 0 Å². The van der Waals surface area contributed by atoms with Gasteiger partial charge in [-0.3, -0.25) is 0 Å². The van der Waals surface area contributed by atoms with Crippen molar-refractivity contribution in [3.8, 4) is 5.75 Å². The van der Waals surface area contributed by atoms with Crippen molar-refractivity contribution in [3.05, 3.63) is 29.1 Å². The summed E-state index contributed by atoms with van der Waals surface area (Å²) in [6, 6.07) is 0. The summed E-state index contributed by atoms with van der Waals surface area (Å²) < 4.78 is 71.5. The molecule has 0 atom stereocenters. The third-order valence-electron chi connectivity index (χ3n) is 1.53. The molecule has 9 heteroatoms. The Morgan fingerprint density at radius 2 is 1.35 bits per heavy atom. The summed E-state index contributed by atoms with van der Waals surface area (Å²) in [5, 5.41) is 0. The molecule has 0 aromatic heterocycles. The first-order valence-corrected chi connectivity index (χ1v) is 5.34. The second kappa shape index (κ2) is 5.47. The summed E-state index contributed by atoms with van der Waals surface area (Å²) in [5.74, 6) is -12.9. The Bertz CT molecular complexity index is 436. The molecule has 1 aromatic carbocycles. The monoisotopic (exact) mass is 368 g/mol. The molecule has 0 saturated carbocycles. The van der Waals surface area contributed by atoms with Gasteiger partial charge in [0.25, 0.3) is 0 Å². The minimum Gasteiger partial charge on any atom is -0.423 e. The Balaban J connectivity index is 3.20. The molecule has 0 heterocycles. The fraction of sp³-hybridized carbons (Fsp3) is 0.125. The smallest absolute Gasteiger partial charge is 0.423 e. The second-order valence-electron chi connectivity index (χ2n) is 2.50. The largest absolute Gasteiger partial charge is 0.514 e. The van der Waals surface area contributed by atoms with Gasteiger partial charge < -0.3 is 9.47 Å². The molecule has 0 bridgehead atoms. The van der Waals surface area contributed by atoms with Crippen LogP contribution in [-0.4, -0.2) is 10.8 Å². The molecule has 1 rings (SSSR count). The zero-order valence-corrected chi connectivity index (χ0v) is 9.86. The number of halogens is 6. The quantitative estimate of drug-likeness (QED) is 0.153. The van der Waals surface area contributed by atoms with E-state index in [1.165, 1.54) is 0 Å². The number of carbonyl (C=O) groups is 1. The molecule has 0 radical (unpaired) electrons. The first-order valence-electron chi connectivity index (χ1n) is 3.82. The van der Waals surface area contributed by atoms with Gasteiger partial charge in [-0.2, -0.15) is 8.78 Å². The molecule has 0 aliphatic heterocycles. The maximum Gasteiger partial charge on any atom is 0.514 e. The summed E-state index contributed by atoms with van der Waals surface area (Å²) in [5.41, 5.74) is 0. The molecule has 0 spiro atoms. The van der Waals surface area contributed by atoms with Gasteiger partial charge in [-0.05, 0) is 22.6 Å². The highest BCUT2D eigenvalue weighted by atomic mass is 127. The van der Waals surface area contributed by atoms with Gasteiger partial charge >= 0.3 is 6.16 Å². The maximum absolute atomic E-state index is 12.9. The van der Waals surface area contributed by atoms with Gasteiger partial charge in [-0.15, -0.1) is 0 Å². The fourth-order valence-electron chi connectivity index (χ4n) is 0.832. The predicted octanol–water partition coefficient (Wildman–Crippen LogP) is 3.29. The van der Waals surface area contributed by atoms with Gasteiger partial charge in [0.15, 0.2) is 0 Å². The van der Waals surface area contributed by atoms with E-state index in [4.69, 9.17) is 0 Å². The van der Waals surface area contributed by atoms with Crippen LogP contribution in [0.25, 0.3) is 0 Å². The Hall–Kier alpha value is -1.13. The van der Waals surface area contributed by atoms with Crippen LogP contribution in [0.3, 0.4) is 0 Å². The van der Waals surface area contributed by atoms with Crippen molar-refractivity contribution in [1.82, 2.24) is 0 Å². The van der Waals surface area contributed by atoms with E-state index < -0.39 is 41.0 Å². The Morgan fingerprint density at radius 1 is 0.941 bits per heavy atom. The van der Waals surface area contributed by atoms with E-state index in [2.05, 4.69) is 9.47 Å². The van der Waals surface area contributed by atoms with Gasteiger partial charge in [0.05, 0.1) is 0 Å². The molecule has 0 unspecified atom stereocenters. The summed E-state index contributed by atoms with van der Waals surface area (Å²) in [6.45, 7) is 0. The van der Waals surface area contributed by atoms with E-state index in [9.17, 15) is 26.7 Å². The lowest BCUT2D eigenvalue weighted by atomic mass is 10.3. The summed E-state index contributed by atoms with van der Waals surface area (Å²) in [6.07, 6.45) is -1.58. The molecular formula is C8H2F5IO3. The second-order valence-corrected chi connectivity index (χ2v) is 3.13. The van der Waals surface area contributed by atoms with Crippen molar-refractivity contribution < 1.29 is 36.2 Å². The minimum absolute atomic E-state index is 0.216. The summed E-state index contributed by atoms with van der Waals surface area (Å²) >= 11 is 1.56. The van der Waals surface area contributed by atoms with Crippen LogP contribution in [-0.2, 0) is 4.74 Å². The molecule has 0 N–H and O–H groups in total. The lowest BCUT2D eigenvalue weighted by molar-refractivity contribution is 0.114. The van der Waals surface area contributed by atoms with Gasteiger partial charge in [0, 0.05) is 0 Å². The van der Waals surface area contributed by atoms with Gasteiger partial charge in [0.1, 0.15) is 4.61 Å². The molecule has 0 fully saturated rings. The molecule has 3 nitrogen and oxygen atoms in total. The standard InChI is InChI=1S/C8H2F5IO3/c9-2-3(10)5(12)7(6(13)4(2)11)17-8(15)16-1-14/h1H2. The molecule has 0 aliphatic carbocycles. The highest BCUT2D eigenvalue weighted by Crippen LogP contribution is 2.29. The number of rotatable bonds is 2. The molecule has 0 saturated heterocycles. The Morgan fingerprint density at radius 3 is 1.76 bits per heavy atom.